The third kappa shape index (κ3) is 3.71. The molecular weight excluding hydrogens is 286 g/mol. The quantitative estimate of drug-likeness (QED) is 0.913. The highest BCUT2D eigenvalue weighted by molar-refractivity contribution is 6.30. The van der Waals surface area contributed by atoms with Gasteiger partial charge in [0.05, 0.1) is 0 Å². The van der Waals surface area contributed by atoms with E-state index in [1.165, 1.54) is 12.8 Å². The molecular formula is C16H18ClN3O. The molecule has 0 aliphatic heterocycles. The average molecular weight is 304 g/mol. The van der Waals surface area contributed by atoms with Gasteiger partial charge in [-0.2, -0.15) is 4.98 Å². The Labute approximate surface area is 129 Å². The van der Waals surface area contributed by atoms with E-state index in [4.69, 9.17) is 16.3 Å². The number of nitrogens with zero attached hydrogens (tertiary/aromatic N) is 2. The number of benzene rings is 1. The molecule has 1 fully saturated rings. The molecule has 1 aliphatic carbocycles. The lowest BCUT2D eigenvalue weighted by Crippen LogP contribution is -2.16. The lowest BCUT2D eigenvalue weighted by Gasteiger charge is -2.10. The van der Waals surface area contributed by atoms with Gasteiger partial charge < -0.3 is 10.1 Å². The molecule has 0 unspecified atom stereocenters. The van der Waals surface area contributed by atoms with Crippen LogP contribution in [0.2, 0.25) is 5.02 Å². The molecule has 2 aromatic rings. The second-order valence-electron chi connectivity index (χ2n) is 5.43. The molecule has 1 heterocycles. The van der Waals surface area contributed by atoms with Gasteiger partial charge in [-0.15, -0.1) is 0 Å². The zero-order valence-corrected chi connectivity index (χ0v) is 12.9. The first-order valence-corrected chi connectivity index (χ1v) is 7.49. The summed E-state index contributed by atoms with van der Waals surface area (Å²) in [6.07, 6.45) is 4.37. The molecule has 0 bridgehead atoms. The molecule has 1 aromatic carbocycles. The molecule has 0 atom stereocenters. The Kier molecular flexibility index (Phi) is 4.08. The lowest BCUT2D eigenvalue weighted by atomic mass is 10.2. The van der Waals surface area contributed by atoms with Crippen molar-refractivity contribution >= 4 is 11.6 Å². The molecule has 0 radical (unpaired) electrons. The molecule has 0 spiro atoms. The highest BCUT2D eigenvalue weighted by Gasteiger charge is 2.20. The maximum absolute atomic E-state index is 5.99. The van der Waals surface area contributed by atoms with E-state index in [1.807, 2.05) is 32.2 Å². The van der Waals surface area contributed by atoms with Gasteiger partial charge >= 0.3 is 6.01 Å². The van der Waals surface area contributed by atoms with E-state index in [0.29, 0.717) is 22.8 Å². The van der Waals surface area contributed by atoms with Crippen LogP contribution in [0.3, 0.4) is 0 Å². The summed E-state index contributed by atoms with van der Waals surface area (Å²) in [5.41, 5.74) is 3.05. The van der Waals surface area contributed by atoms with Crippen molar-refractivity contribution in [2.24, 2.45) is 0 Å². The van der Waals surface area contributed by atoms with E-state index in [2.05, 4.69) is 15.3 Å². The van der Waals surface area contributed by atoms with Gasteiger partial charge in [0.25, 0.3) is 0 Å². The van der Waals surface area contributed by atoms with Crippen molar-refractivity contribution in [3.8, 4) is 11.8 Å². The normalized spacial score (nSPS) is 14.2. The van der Waals surface area contributed by atoms with Crippen molar-refractivity contribution in [1.82, 2.24) is 15.3 Å². The molecule has 5 heteroatoms. The summed E-state index contributed by atoms with van der Waals surface area (Å²) in [7, 11) is 0. The Balaban J connectivity index is 1.73. The molecule has 4 nitrogen and oxygen atoms in total. The summed E-state index contributed by atoms with van der Waals surface area (Å²) in [5.74, 6) is 0.686. The zero-order chi connectivity index (χ0) is 14.8. The maximum Gasteiger partial charge on any atom is 0.322 e. The SMILES string of the molecule is Cc1ccc(Cl)cc1Oc1ncc(CNC2CC2)c(C)n1. The van der Waals surface area contributed by atoms with E-state index >= 15 is 0 Å². The number of aromatic nitrogens is 2. The van der Waals surface area contributed by atoms with Crippen LogP contribution in [0.15, 0.2) is 24.4 Å². The van der Waals surface area contributed by atoms with Gasteiger partial charge in [0, 0.05) is 35.1 Å². The van der Waals surface area contributed by atoms with Gasteiger partial charge in [0.15, 0.2) is 0 Å². The molecule has 1 N–H and O–H groups in total. The minimum atomic E-state index is 0.355. The Morgan fingerprint density at radius 2 is 2.14 bits per heavy atom. The van der Waals surface area contributed by atoms with Crippen LogP contribution < -0.4 is 10.1 Å². The maximum atomic E-state index is 5.99. The molecule has 110 valence electrons. The molecule has 21 heavy (non-hydrogen) atoms. The number of nitrogens with one attached hydrogen (secondary N) is 1. The monoisotopic (exact) mass is 303 g/mol. The highest BCUT2D eigenvalue weighted by Crippen LogP contribution is 2.26. The number of hydrogen-bond donors (Lipinski definition) is 1. The highest BCUT2D eigenvalue weighted by atomic mass is 35.5. The molecule has 1 aliphatic rings. The van der Waals surface area contributed by atoms with Gasteiger partial charge in [-0.1, -0.05) is 17.7 Å². The standard InChI is InChI=1S/C16H18ClN3O/c1-10-3-4-13(17)7-15(10)21-16-19-9-12(11(2)20-16)8-18-14-5-6-14/h3-4,7,9,14,18H,5-6,8H2,1-2H3. The lowest BCUT2D eigenvalue weighted by molar-refractivity contribution is 0.436. The largest absolute Gasteiger partial charge is 0.424 e. The summed E-state index contributed by atoms with van der Waals surface area (Å²) in [6, 6.07) is 6.56. The summed E-state index contributed by atoms with van der Waals surface area (Å²) in [4.78, 5) is 8.71. The molecule has 1 saturated carbocycles. The number of ether oxygens (including phenoxy) is 1. The smallest absolute Gasteiger partial charge is 0.322 e. The minimum Gasteiger partial charge on any atom is -0.424 e. The second-order valence-corrected chi connectivity index (χ2v) is 5.87. The Bertz CT molecular complexity index is 656. The van der Waals surface area contributed by atoms with Crippen LogP contribution in [0.4, 0.5) is 0 Å². The van der Waals surface area contributed by atoms with Gasteiger partial charge in [0.2, 0.25) is 0 Å². The van der Waals surface area contributed by atoms with Crippen molar-refractivity contribution in [3.05, 3.63) is 46.2 Å². The average Bonchev–Trinajstić information content (AvgIpc) is 3.26. The van der Waals surface area contributed by atoms with Crippen LogP contribution in [-0.2, 0) is 6.54 Å². The van der Waals surface area contributed by atoms with Crippen LogP contribution in [-0.4, -0.2) is 16.0 Å². The Morgan fingerprint density at radius 3 is 2.86 bits per heavy atom. The first-order chi connectivity index (χ1) is 10.1. The molecule has 3 rings (SSSR count). The van der Waals surface area contributed by atoms with Crippen molar-refractivity contribution in [3.63, 3.8) is 0 Å². The van der Waals surface area contributed by atoms with Crippen LogP contribution in [0.5, 0.6) is 11.8 Å². The van der Waals surface area contributed by atoms with Crippen molar-refractivity contribution < 1.29 is 4.74 Å². The van der Waals surface area contributed by atoms with Crippen LogP contribution in [0.25, 0.3) is 0 Å². The predicted octanol–water partition coefficient (Wildman–Crippen LogP) is 3.79. The summed E-state index contributed by atoms with van der Waals surface area (Å²) < 4.78 is 5.74. The van der Waals surface area contributed by atoms with E-state index in [0.717, 1.165) is 23.4 Å². The topological polar surface area (TPSA) is 47.0 Å². The first-order valence-electron chi connectivity index (χ1n) is 7.12. The van der Waals surface area contributed by atoms with E-state index in [1.54, 1.807) is 6.07 Å². The van der Waals surface area contributed by atoms with Crippen LogP contribution >= 0.6 is 11.6 Å². The van der Waals surface area contributed by atoms with Crippen LogP contribution in [0, 0.1) is 13.8 Å². The second kappa shape index (κ2) is 6.00. The van der Waals surface area contributed by atoms with Gasteiger partial charge in [-0.3, -0.25) is 0 Å². The van der Waals surface area contributed by atoms with E-state index in [-0.39, 0.29) is 0 Å². The minimum absolute atomic E-state index is 0.355. The van der Waals surface area contributed by atoms with Crippen molar-refractivity contribution in [1.29, 1.82) is 0 Å². The Hall–Kier alpha value is -1.65. The third-order valence-corrected chi connectivity index (χ3v) is 3.80. The van der Waals surface area contributed by atoms with Gasteiger partial charge in [0.1, 0.15) is 5.75 Å². The number of halogens is 1. The van der Waals surface area contributed by atoms with Gasteiger partial charge in [-0.05, 0) is 44.4 Å². The van der Waals surface area contributed by atoms with Gasteiger partial charge in [-0.25, -0.2) is 4.98 Å². The van der Waals surface area contributed by atoms with E-state index < -0.39 is 0 Å². The van der Waals surface area contributed by atoms with E-state index in [9.17, 15) is 0 Å². The predicted molar refractivity (Wildman–Crippen MR) is 82.9 cm³/mol. The van der Waals surface area contributed by atoms with Crippen molar-refractivity contribution in [2.45, 2.75) is 39.3 Å². The molecule has 0 saturated heterocycles. The summed E-state index contributed by atoms with van der Waals surface area (Å²) in [5, 5.41) is 4.10. The summed E-state index contributed by atoms with van der Waals surface area (Å²) >= 11 is 5.99. The van der Waals surface area contributed by atoms with Crippen LogP contribution in [0.1, 0.15) is 29.7 Å². The number of aryl methyl sites for hydroxylation is 2. The summed E-state index contributed by atoms with van der Waals surface area (Å²) in [6.45, 7) is 4.75. The molecule has 0 amide bonds. The van der Waals surface area contributed by atoms with Crippen molar-refractivity contribution in [2.75, 3.05) is 0 Å². The third-order valence-electron chi connectivity index (χ3n) is 3.57. The number of hydrogen-bond acceptors (Lipinski definition) is 4. The fraction of sp³-hybridized carbons (Fsp3) is 0.375. The Morgan fingerprint density at radius 1 is 1.33 bits per heavy atom. The molecule has 1 aromatic heterocycles. The fourth-order valence-corrected chi connectivity index (χ4v) is 2.18. The first kappa shape index (κ1) is 14.3. The fourth-order valence-electron chi connectivity index (χ4n) is 2.02. The zero-order valence-electron chi connectivity index (χ0n) is 12.2. The number of rotatable bonds is 5.